The fourth-order valence-electron chi connectivity index (χ4n) is 1.48. The maximum absolute atomic E-state index is 13.4. The van der Waals surface area contributed by atoms with E-state index in [1.807, 2.05) is 0 Å². The number of nitro groups is 1. The van der Waals surface area contributed by atoms with Gasteiger partial charge in [-0.25, -0.2) is 0 Å². The second-order valence-corrected chi connectivity index (χ2v) is 4.14. The van der Waals surface area contributed by atoms with Crippen LogP contribution in [0.3, 0.4) is 0 Å². The van der Waals surface area contributed by atoms with Crippen LogP contribution in [-0.4, -0.2) is 15.8 Å². The summed E-state index contributed by atoms with van der Waals surface area (Å²) in [7, 11) is 0. The standard InChI is InChI=1S/C12H7ClFN3O3/c13-9-3-4-15-6-8(9)12(18)16-7-1-2-11(17(19)20)10(14)5-7/h1-6H,(H,16,18). The highest BCUT2D eigenvalue weighted by atomic mass is 35.5. The van der Waals surface area contributed by atoms with Gasteiger partial charge in [0.2, 0.25) is 5.82 Å². The SMILES string of the molecule is O=C(Nc1ccc([N+](=O)[O-])c(F)c1)c1cnccc1Cl. The first-order valence-electron chi connectivity index (χ1n) is 5.34. The third kappa shape index (κ3) is 2.89. The summed E-state index contributed by atoms with van der Waals surface area (Å²) < 4.78 is 13.4. The average molecular weight is 296 g/mol. The van der Waals surface area contributed by atoms with E-state index in [1.165, 1.54) is 24.5 Å². The molecule has 1 aromatic carbocycles. The van der Waals surface area contributed by atoms with Crippen LogP contribution >= 0.6 is 11.6 Å². The smallest absolute Gasteiger partial charge is 0.304 e. The number of nitrogens with zero attached hydrogens (tertiary/aromatic N) is 2. The molecule has 0 aliphatic heterocycles. The Morgan fingerprint density at radius 2 is 2.15 bits per heavy atom. The van der Waals surface area contributed by atoms with Gasteiger partial charge in [0.05, 0.1) is 15.5 Å². The molecule has 8 heteroatoms. The molecule has 0 saturated carbocycles. The molecular formula is C12H7ClFN3O3. The molecule has 0 atom stereocenters. The number of rotatable bonds is 3. The molecule has 6 nitrogen and oxygen atoms in total. The normalized spacial score (nSPS) is 10.1. The molecule has 0 aliphatic rings. The highest BCUT2D eigenvalue weighted by Gasteiger charge is 2.16. The fourth-order valence-corrected chi connectivity index (χ4v) is 1.67. The molecule has 2 aromatic rings. The van der Waals surface area contributed by atoms with Gasteiger partial charge in [0.1, 0.15) is 0 Å². The van der Waals surface area contributed by atoms with E-state index >= 15 is 0 Å². The van der Waals surface area contributed by atoms with E-state index < -0.39 is 22.3 Å². The lowest BCUT2D eigenvalue weighted by Crippen LogP contribution is -2.13. The van der Waals surface area contributed by atoms with Crippen molar-refractivity contribution in [3.63, 3.8) is 0 Å². The van der Waals surface area contributed by atoms with Crippen LogP contribution in [0.4, 0.5) is 15.8 Å². The van der Waals surface area contributed by atoms with Crippen LogP contribution in [0.1, 0.15) is 10.4 Å². The Bertz CT molecular complexity index is 693. The lowest BCUT2D eigenvalue weighted by molar-refractivity contribution is -0.387. The lowest BCUT2D eigenvalue weighted by atomic mass is 10.2. The van der Waals surface area contributed by atoms with Crippen molar-refractivity contribution < 1.29 is 14.1 Å². The molecule has 1 amide bonds. The Labute approximate surface area is 117 Å². The number of carbonyl (C=O) groups excluding carboxylic acids is 1. The maximum atomic E-state index is 13.4. The van der Waals surface area contributed by atoms with Crippen molar-refractivity contribution in [2.45, 2.75) is 0 Å². The first kappa shape index (κ1) is 13.9. The molecule has 1 aromatic heterocycles. The van der Waals surface area contributed by atoms with Gasteiger partial charge in [0.25, 0.3) is 5.91 Å². The van der Waals surface area contributed by atoms with Gasteiger partial charge in [0.15, 0.2) is 0 Å². The summed E-state index contributed by atoms with van der Waals surface area (Å²) >= 11 is 5.82. The van der Waals surface area contributed by atoms with Crippen LogP contribution in [0.5, 0.6) is 0 Å². The predicted octanol–water partition coefficient (Wildman–Crippen LogP) is 3.03. The Hall–Kier alpha value is -2.54. The van der Waals surface area contributed by atoms with Crippen molar-refractivity contribution >= 4 is 28.9 Å². The third-order valence-corrected chi connectivity index (χ3v) is 2.74. The first-order valence-corrected chi connectivity index (χ1v) is 5.71. The van der Waals surface area contributed by atoms with Crippen LogP contribution < -0.4 is 5.32 Å². The van der Waals surface area contributed by atoms with Crippen molar-refractivity contribution in [2.75, 3.05) is 5.32 Å². The number of carbonyl (C=O) groups is 1. The van der Waals surface area contributed by atoms with Crippen molar-refractivity contribution in [1.29, 1.82) is 0 Å². The van der Waals surface area contributed by atoms with Crippen molar-refractivity contribution in [2.24, 2.45) is 0 Å². The minimum absolute atomic E-state index is 0.0815. The molecule has 2 rings (SSSR count). The summed E-state index contributed by atoms with van der Waals surface area (Å²) in [5, 5.41) is 13.0. The number of nitrogens with one attached hydrogen (secondary N) is 1. The average Bonchev–Trinajstić information content (AvgIpc) is 2.38. The summed E-state index contributed by atoms with van der Waals surface area (Å²) in [5.74, 6) is -1.62. The van der Waals surface area contributed by atoms with Gasteiger partial charge < -0.3 is 5.32 Å². The van der Waals surface area contributed by atoms with Crippen molar-refractivity contribution in [3.05, 3.63) is 63.2 Å². The van der Waals surface area contributed by atoms with E-state index in [-0.39, 0.29) is 16.3 Å². The number of benzene rings is 1. The predicted molar refractivity (Wildman–Crippen MR) is 70.3 cm³/mol. The Morgan fingerprint density at radius 1 is 1.40 bits per heavy atom. The molecule has 0 radical (unpaired) electrons. The largest absolute Gasteiger partial charge is 0.322 e. The molecule has 1 heterocycles. The van der Waals surface area contributed by atoms with Gasteiger partial charge in [-0.05, 0) is 12.1 Å². The van der Waals surface area contributed by atoms with Crippen molar-refractivity contribution in [3.8, 4) is 0 Å². The quantitative estimate of drug-likeness (QED) is 0.696. The van der Waals surface area contributed by atoms with Gasteiger partial charge in [-0.15, -0.1) is 0 Å². The highest BCUT2D eigenvalue weighted by Crippen LogP contribution is 2.22. The van der Waals surface area contributed by atoms with Crippen LogP contribution in [0, 0.1) is 15.9 Å². The zero-order chi connectivity index (χ0) is 14.7. The second-order valence-electron chi connectivity index (χ2n) is 3.73. The number of aromatic nitrogens is 1. The van der Waals surface area contributed by atoms with E-state index in [0.717, 1.165) is 12.1 Å². The molecule has 1 N–H and O–H groups in total. The van der Waals surface area contributed by atoms with Crippen LogP contribution in [0.25, 0.3) is 0 Å². The zero-order valence-corrected chi connectivity index (χ0v) is 10.6. The lowest BCUT2D eigenvalue weighted by Gasteiger charge is -2.06. The molecule has 0 spiro atoms. The number of halogens is 2. The Kier molecular flexibility index (Phi) is 3.90. The highest BCUT2D eigenvalue weighted by molar-refractivity contribution is 6.34. The van der Waals surface area contributed by atoms with Crippen LogP contribution in [0.2, 0.25) is 5.02 Å². The maximum Gasteiger partial charge on any atom is 0.304 e. The summed E-state index contributed by atoms with van der Waals surface area (Å²) in [6, 6.07) is 4.49. The number of hydrogen-bond acceptors (Lipinski definition) is 4. The van der Waals surface area contributed by atoms with E-state index in [0.29, 0.717) is 0 Å². The first-order chi connectivity index (χ1) is 9.49. The van der Waals surface area contributed by atoms with Crippen LogP contribution in [0.15, 0.2) is 36.7 Å². The summed E-state index contributed by atoms with van der Waals surface area (Å²) in [6.45, 7) is 0. The third-order valence-electron chi connectivity index (χ3n) is 2.41. The van der Waals surface area contributed by atoms with Gasteiger partial charge in [-0.2, -0.15) is 4.39 Å². The fraction of sp³-hybridized carbons (Fsp3) is 0. The molecular weight excluding hydrogens is 289 g/mol. The summed E-state index contributed by atoms with van der Waals surface area (Å²) in [4.78, 5) is 25.3. The monoisotopic (exact) mass is 295 g/mol. The zero-order valence-electron chi connectivity index (χ0n) is 9.84. The van der Waals surface area contributed by atoms with Crippen molar-refractivity contribution in [1.82, 2.24) is 4.98 Å². The van der Waals surface area contributed by atoms with E-state index in [4.69, 9.17) is 11.6 Å². The number of hydrogen-bond donors (Lipinski definition) is 1. The number of nitro benzene ring substituents is 1. The van der Waals surface area contributed by atoms with E-state index in [2.05, 4.69) is 10.3 Å². The van der Waals surface area contributed by atoms with Crippen LogP contribution in [-0.2, 0) is 0 Å². The summed E-state index contributed by atoms with van der Waals surface area (Å²) in [5.41, 5.74) is -0.464. The minimum atomic E-state index is -1.04. The minimum Gasteiger partial charge on any atom is -0.322 e. The summed E-state index contributed by atoms with van der Waals surface area (Å²) in [6.07, 6.45) is 2.68. The molecule has 20 heavy (non-hydrogen) atoms. The number of pyridine rings is 1. The molecule has 0 bridgehead atoms. The second kappa shape index (κ2) is 5.62. The van der Waals surface area contributed by atoms with E-state index in [9.17, 15) is 19.3 Å². The van der Waals surface area contributed by atoms with Gasteiger partial charge in [0, 0.05) is 30.2 Å². The molecule has 0 aliphatic carbocycles. The Morgan fingerprint density at radius 3 is 2.75 bits per heavy atom. The Balaban J connectivity index is 2.23. The van der Waals surface area contributed by atoms with Gasteiger partial charge in [-0.1, -0.05) is 11.6 Å². The van der Waals surface area contributed by atoms with E-state index in [1.54, 1.807) is 0 Å². The van der Waals surface area contributed by atoms with Gasteiger partial charge in [-0.3, -0.25) is 19.9 Å². The topological polar surface area (TPSA) is 85.1 Å². The molecule has 0 unspecified atom stereocenters. The number of anilines is 1. The molecule has 0 saturated heterocycles. The molecule has 102 valence electrons. The van der Waals surface area contributed by atoms with Gasteiger partial charge >= 0.3 is 5.69 Å². The number of amides is 1. The molecule has 0 fully saturated rings.